The summed E-state index contributed by atoms with van der Waals surface area (Å²) in [5.74, 6) is 0.540. The van der Waals surface area contributed by atoms with E-state index < -0.39 is 0 Å². The number of unbranched alkanes of at least 4 members (excludes halogenated alkanes) is 6. The van der Waals surface area contributed by atoms with Crippen molar-refractivity contribution in [2.24, 2.45) is 11.8 Å². The van der Waals surface area contributed by atoms with Crippen molar-refractivity contribution in [3.05, 3.63) is 0 Å². The molecule has 0 aromatic heterocycles. The average molecular weight is 397 g/mol. The molecule has 164 valence electrons. The normalized spacial score (nSPS) is 25.7. The minimum Gasteiger partial charge on any atom is -0.461 e. The van der Waals surface area contributed by atoms with E-state index in [2.05, 4.69) is 27.7 Å². The Morgan fingerprint density at radius 1 is 0.536 bits per heavy atom. The van der Waals surface area contributed by atoms with E-state index in [1.54, 1.807) is 0 Å². The monoisotopic (exact) mass is 396 g/mol. The van der Waals surface area contributed by atoms with E-state index in [1.165, 1.54) is 51.4 Å². The Morgan fingerprint density at radius 2 is 0.893 bits per heavy atom. The molecule has 0 spiro atoms. The van der Waals surface area contributed by atoms with Crippen molar-refractivity contribution < 1.29 is 19.1 Å². The van der Waals surface area contributed by atoms with E-state index in [9.17, 15) is 9.59 Å². The fourth-order valence-corrected chi connectivity index (χ4v) is 3.96. The van der Waals surface area contributed by atoms with Crippen molar-refractivity contribution >= 4 is 11.9 Å². The van der Waals surface area contributed by atoms with Crippen LogP contribution in [0, 0.1) is 11.8 Å². The van der Waals surface area contributed by atoms with Crippen molar-refractivity contribution in [1.29, 1.82) is 0 Å². The van der Waals surface area contributed by atoms with Gasteiger partial charge in [0.1, 0.15) is 12.2 Å². The predicted molar refractivity (Wildman–Crippen MR) is 114 cm³/mol. The van der Waals surface area contributed by atoms with Crippen molar-refractivity contribution in [2.75, 3.05) is 0 Å². The number of hydrogen-bond acceptors (Lipinski definition) is 4. The maximum atomic E-state index is 11.2. The van der Waals surface area contributed by atoms with Crippen LogP contribution >= 0.6 is 0 Å². The van der Waals surface area contributed by atoms with Gasteiger partial charge in [0.05, 0.1) is 11.8 Å². The molecule has 2 aliphatic rings. The molecule has 0 N–H and O–H groups in total. The molecular weight excluding hydrogens is 352 g/mol. The molecule has 0 amide bonds. The number of esters is 2. The second-order valence-corrected chi connectivity index (χ2v) is 8.44. The van der Waals surface area contributed by atoms with E-state index in [1.807, 2.05) is 0 Å². The Balaban J connectivity index is 0.000000280. The van der Waals surface area contributed by atoms with Crippen molar-refractivity contribution in [3.63, 3.8) is 0 Å². The molecule has 4 heteroatoms. The van der Waals surface area contributed by atoms with Gasteiger partial charge in [0.25, 0.3) is 0 Å². The number of carbonyl (C=O) groups excluding carboxylic acids is 2. The van der Waals surface area contributed by atoms with Crippen molar-refractivity contribution in [2.45, 2.75) is 130 Å². The number of rotatable bonds is 14. The van der Waals surface area contributed by atoms with Crippen LogP contribution in [-0.4, -0.2) is 24.1 Å². The molecule has 0 aromatic rings. The molecule has 2 saturated heterocycles. The minimum absolute atomic E-state index is 0.0416. The van der Waals surface area contributed by atoms with Gasteiger partial charge < -0.3 is 9.47 Å². The number of cyclic esters (lactones) is 2. The molecule has 2 aliphatic heterocycles. The molecule has 0 aromatic carbocycles. The first-order chi connectivity index (χ1) is 13.6. The lowest BCUT2D eigenvalue weighted by Gasteiger charge is -2.35. The van der Waals surface area contributed by atoms with E-state index in [4.69, 9.17) is 9.47 Å². The number of hydrogen-bond donors (Lipinski definition) is 0. The van der Waals surface area contributed by atoms with Gasteiger partial charge in [-0.2, -0.15) is 0 Å². The first kappa shape index (κ1) is 25.0. The van der Waals surface area contributed by atoms with Crippen LogP contribution in [0.4, 0.5) is 0 Å². The van der Waals surface area contributed by atoms with Crippen LogP contribution in [0.3, 0.4) is 0 Å². The zero-order chi connectivity index (χ0) is 20.8. The van der Waals surface area contributed by atoms with Crippen molar-refractivity contribution in [1.82, 2.24) is 0 Å². The molecule has 0 bridgehead atoms. The molecule has 2 fully saturated rings. The highest BCUT2D eigenvalue weighted by atomic mass is 16.6. The van der Waals surface area contributed by atoms with Crippen molar-refractivity contribution in [3.8, 4) is 0 Å². The zero-order valence-electron chi connectivity index (χ0n) is 18.8. The third-order valence-corrected chi connectivity index (χ3v) is 5.96. The third kappa shape index (κ3) is 8.53. The zero-order valence-corrected chi connectivity index (χ0v) is 18.8. The second kappa shape index (κ2) is 14.9. The summed E-state index contributed by atoms with van der Waals surface area (Å²) in [5.41, 5.74) is 0. The Morgan fingerprint density at radius 3 is 1.18 bits per heavy atom. The summed E-state index contributed by atoms with van der Waals surface area (Å²) in [4.78, 5) is 22.3. The third-order valence-electron chi connectivity index (χ3n) is 5.96. The van der Waals surface area contributed by atoms with Gasteiger partial charge in [-0.05, 0) is 38.5 Å². The van der Waals surface area contributed by atoms with Gasteiger partial charge in [0.15, 0.2) is 0 Å². The molecule has 28 heavy (non-hydrogen) atoms. The van der Waals surface area contributed by atoms with Gasteiger partial charge >= 0.3 is 11.9 Å². The summed E-state index contributed by atoms with van der Waals surface area (Å²) >= 11 is 0. The van der Waals surface area contributed by atoms with E-state index in [0.29, 0.717) is 0 Å². The SMILES string of the molecule is CCCCC[C@H]1OC(=O)[C@@H]1CCCC.CCCCC[C@H]1OC(=O)[C@H]1CCCC. The topological polar surface area (TPSA) is 52.6 Å². The summed E-state index contributed by atoms with van der Waals surface area (Å²) < 4.78 is 10.3. The van der Waals surface area contributed by atoms with Crippen LogP contribution in [0.5, 0.6) is 0 Å². The molecular formula is C24H44O4. The van der Waals surface area contributed by atoms with Gasteiger partial charge in [0, 0.05) is 0 Å². The second-order valence-electron chi connectivity index (χ2n) is 8.44. The van der Waals surface area contributed by atoms with Crippen LogP contribution < -0.4 is 0 Å². The smallest absolute Gasteiger partial charge is 0.313 e. The first-order valence-electron chi connectivity index (χ1n) is 12.0. The Bertz CT molecular complexity index is 394. The highest BCUT2D eigenvalue weighted by Gasteiger charge is 2.41. The summed E-state index contributed by atoms with van der Waals surface area (Å²) in [5, 5.41) is 0. The van der Waals surface area contributed by atoms with E-state index in [0.717, 1.165) is 38.5 Å². The lowest BCUT2D eigenvalue weighted by Crippen LogP contribution is -2.44. The summed E-state index contributed by atoms with van der Waals surface area (Å²) in [6, 6.07) is 0. The van der Waals surface area contributed by atoms with Gasteiger partial charge in [-0.1, -0.05) is 79.1 Å². The van der Waals surface area contributed by atoms with Gasteiger partial charge in [-0.25, -0.2) is 0 Å². The largest absolute Gasteiger partial charge is 0.461 e. The maximum Gasteiger partial charge on any atom is 0.313 e. The Hall–Kier alpha value is -1.06. The van der Waals surface area contributed by atoms with Crippen LogP contribution in [0.1, 0.15) is 118 Å². The fourth-order valence-electron chi connectivity index (χ4n) is 3.96. The van der Waals surface area contributed by atoms with Crippen LogP contribution in [0.25, 0.3) is 0 Å². The maximum absolute atomic E-state index is 11.2. The average Bonchev–Trinajstić information content (AvgIpc) is 2.68. The summed E-state index contributed by atoms with van der Waals surface area (Å²) in [6.07, 6.45) is 16.8. The minimum atomic E-state index is 0.0416. The Kier molecular flexibility index (Phi) is 13.3. The van der Waals surface area contributed by atoms with Gasteiger partial charge in [-0.15, -0.1) is 0 Å². The van der Waals surface area contributed by atoms with Gasteiger partial charge in [-0.3, -0.25) is 9.59 Å². The van der Waals surface area contributed by atoms with Gasteiger partial charge in [0.2, 0.25) is 0 Å². The molecule has 2 rings (SSSR count). The highest BCUT2D eigenvalue weighted by Crippen LogP contribution is 2.31. The highest BCUT2D eigenvalue weighted by molar-refractivity contribution is 5.78. The molecule has 0 radical (unpaired) electrons. The molecule has 0 saturated carbocycles. The molecule has 4 nitrogen and oxygen atoms in total. The molecule has 0 aliphatic carbocycles. The Labute approximate surface area is 173 Å². The number of ether oxygens (including phenoxy) is 2. The summed E-state index contributed by atoms with van der Waals surface area (Å²) in [7, 11) is 0. The van der Waals surface area contributed by atoms with Crippen LogP contribution in [0.15, 0.2) is 0 Å². The standard InChI is InChI=1S/2C12H22O2/c2*1-3-5-7-9-11-10(8-6-4-2)12(13)14-11/h2*10-11H,3-9H2,1-2H3/t10-,11+;10-,11-/m01/s1. The van der Waals surface area contributed by atoms with Crippen LogP contribution in [-0.2, 0) is 19.1 Å². The van der Waals surface area contributed by atoms with E-state index >= 15 is 0 Å². The molecule has 2 heterocycles. The summed E-state index contributed by atoms with van der Waals surface area (Å²) in [6.45, 7) is 8.72. The lowest BCUT2D eigenvalue weighted by atomic mass is 9.88. The lowest BCUT2D eigenvalue weighted by molar-refractivity contribution is -0.187. The molecule has 0 unspecified atom stereocenters. The quantitative estimate of drug-likeness (QED) is 0.245. The predicted octanol–water partition coefficient (Wildman–Crippen LogP) is 6.60. The van der Waals surface area contributed by atoms with E-state index in [-0.39, 0.29) is 36.0 Å². The molecule has 4 atom stereocenters. The first-order valence-corrected chi connectivity index (χ1v) is 12.0. The number of carbonyl (C=O) groups is 2. The fraction of sp³-hybridized carbons (Fsp3) is 0.917. The van der Waals surface area contributed by atoms with Crippen LogP contribution in [0.2, 0.25) is 0 Å².